The fraction of sp³-hybridized carbons (Fsp3) is 0.500. The molecule has 0 saturated heterocycles. The molecule has 1 rings (SSSR count). The highest BCUT2D eigenvalue weighted by atomic mass is 35.5. The van der Waals surface area contributed by atoms with Crippen molar-refractivity contribution in [3.63, 3.8) is 0 Å². The molecule has 0 fully saturated rings. The monoisotopic (exact) mass is 288 g/mol. The van der Waals surface area contributed by atoms with Gasteiger partial charge in [0.05, 0.1) is 0 Å². The lowest BCUT2D eigenvalue weighted by atomic mass is 9.84. The number of amides is 1. The van der Waals surface area contributed by atoms with Crippen LogP contribution in [0.4, 0.5) is 4.39 Å². The normalized spacial score (nSPS) is 10.7. The first-order chi connectivity index (χ1) is 8.47. The van der Waals surface area contributed by atoms with Crippen LogP contribution in [0.25, 0.3) is 0 Å². The maximum absolute atomic E-state index is 13.7. The summed E-state index contributed by atoms with van der Waals surface area (Å²) in [6.07, 6.45) is 1.09. The number of rotatable bonds is 6. The van der Waals surface area contributed by atoms with E-state index in [-0.39, 0.29) is 24.1 Å². The molecule has 108 valence electrons. The molecule has 0 aliphatic heterocycles. The summed E-state index contributed by atoms with van der Waals surface area (Å²) in [6, 6.07) is 6.65. The molecular formula is C14H22ClFN2O. The van der Waals surface area contributed by atoms with Gasteiger partial charge in [0.1, 0.15) is 5.82 Å². The van der Waals surface area contributed by atoms with Crippen molar-refractivity contribution in [1.29, 1.82) is 0 Å². The van der Waals surface area contributed by atoms with E-state index in [1.165, 1.54) is 6.07 Å². The minimum absolute atomic E-state index is 0. The standard InChI is InChI=1S/C14H21FN2O.ClH/c1-14(2,10-17-13(18)8-5-9-16)11-6-3-4-7-12(11)15;/h3-4,6-7H,5,8-10,16H2,1-2H3,(H,17,18);1H. The van der Waals surface area contributed by atoms with Crippen LogP contribution in [0.5, 0.6) is 0 Å². The van der Waals surface area contributed by atoms with Gasteiger partial charge in [-0.1, -0.05) is 32.0 Å². The molecule has 0 bridgehead atoms. The van der Waals surface area contributed by atoms with E-state index in [2.05, 4.69) is 5.32 Å². The van der Waals surface area contributed by atoms with Crippen LogP contribution in [0, 0.1) is 5.82 Å². The van der Waals surface area contributed by atoms with Crippen LogP contribution < -0.4 is 11.1 Å². The number of carbonyl (C=O) groups excluding carboxylic acids is 1. The summed E-state index contributed by atoms with van der Waals surface area (Å²) in [5.41, 5.74) is 5.53. The molecular weight excluding hydrogens is 267 g/mol. The largest absolute Gasteiger partial charge is 0.355 e. The number of hydrogen-bond acceptors (Lipinski definition) is 2. The predicted octanol–water partition coefficient (Wildman–Crippen LogP) is 2.38. The second-order valence-electron chi connectivity index (χ2n) is 5.03. The van der Waals surface area contributed by atoms with Gasteiger partial charge in [-0.15, -0.1) is 12.4 Å². The lowest BCUT2D eigenvalue weighted by molar-refractivity contribution is -0.121. The van der Waals surface area contributed by atoms with Crippen molar-refractivity contribution in [3.05, 3.63) is 35.6 Å². The molecule has 0 heterocycles. The lowest BCUT2D eigenvalue weighted by Gasteiger charge is -2.26. The van der Waals surface area contributed by atoms with E-state index in [1.807, 2.05) is 13.8 Å². The van der Waals surface area contributed by atoms with Crippen molar-refractivity contribution in [2.24, 2.45) is 5.73 Å². The van der Waals surface area contributed by atoms with Crippen LogP contribution >= 0.6 is 12.4 Å². The summed E-state index contributed by atoms with van der Waals surface area (Å²) in [7, 11) is 0. The summed E-state index contributed by atoms with van der Waals surface area (Å²) in [5, 5.41) is 2.82. The van der Waals surface area contributed by atoms with Gasteiger partial charge in [0.25, 0.3) is 0 Å². The maximum Gasteiger partial charge on any atom is 0.220 e. The molecule has 0 aliphatic rings. The molecule has 19 heavy (non-hydrogen) atoms. The van der Waals surface area contributed by atoms with Crippen molar-refractivity contribution < 1.29 is 9.18 Å². The Kier molecular flexibility index (Phi) is 7.64. The zero-order valence-electron chi connectivity index (χ0n) is 11.4. The minimum atomic E-state index is -0.427. The molecule has 3 nitrogen and oxygen atoms in total. The molecule has 0 radical (unpaired) electrons. The Morgan fingerprint density at radius 3 is 2.58 bits per heavy atom. The summed E-state index contributed by atoms with van der Waals surface area (Å²) < 4.78 is 13.7. The van der Waals surface area contributed by atoms with E-state index in [4.69, 9.17) is 5.73 Å². The number of hydrogen-bond donors (Lipinski definition) is 2. The first kappa shape index (κ1) is 17.9. The van der Waals surface area contributed by atoms with E-state index in [0.717, 1.165) is 0 Å². The van der Waals surface area contributed by atoms with E-state index < -0.39 is 5.41 Å². The predicted molar refractivity (Wildman–Crippen MR) is 78.0 cm³/mol. The molecule has 1 aromatic rings. The molecule has 0 aliphatic carbocycles. The van der Waals surface area contributed by atoms with Gasteiger partial charge in [-0.25, -0.2) is 4.39 Å². The third-order valence-corrected chi connectivity index (χ3v) is 2.94. The summed E-state index contributed by atoms with van der Waals surface area (Å²) in [6.45, 7) is 4.74. The molecule has 1 amide bonds. The quantitative estimate of drug-likeness (QED) is 0.844. The van der Waals surface area contributed by atoms with Crippen molar-refractivity contribution in [3.8, 4) is 0 Å². The Bertz CT molecular complexity index is 410. The number of benzene rings is 1. The highest BCUT2D eigenvalue weighted by molar-refractivity contribution is 5.85. The van der Waals surface area contributed by atoms with E-state index in [9.17, 15) is 9.18 Å². The first-order valence-electron chi connectivity index (χ1n) is 6.19. The highest BCUT2D eigenvalue weighted by Crippen LogP contribution is 2.24. The molecule has 0 aromatic heterocycles. The van der Waals surface area contributed by atoms with Crippen molar-refractivity contribution >= 4 is 18.3 Å². The highest BCUT2D eigenvalue weighted by Gasteiger charge is 2.24. The Balaban J connectivity index is 0.00000324. The zero-order valence-corrected chi connectivity index (χ0v) is 12.2. The lowest BCUT2D eigenvalue weighted by Crippen LogP contribution is -2.37. The van der Waals surface area contributed by atoms with Gasteiger partial charge >= 0.3 is 0 Å². The van der Waals surface area contributed by atoms with Crippen LogP contribution in [-0.4, -0.2) is 19.0 Å². The Morgan fingerprint density at radius 1 is 1.37 bits per heavy atom. The van der Waals surface area contributed by atoms with Crippen LogP contribution in [0.3, 0.4) is 0 Å². The van der Waals surface area contributed by atoms with Crippen molar-refractivity contribution in [1.82, 2.24) is 5.32 Å². The van der Waals surface area contributed by atoms with Gasteiger partial charge < -0.3 is 11.1 Å². The number of halogens is 2. The number of nitrogens with two attached hydrogens (primary N) is 1. The third kappa shape index (κ3) is 5.57. The third-order valence-electron chi connectivity index (χ3n) is 2.94. The van der Waals surface area contributed by atoms with Gasteiger partial charge in [-0.3, -0.25) is 4.79 Å². The maximum atomic E-state index is 13.7. The average molecular weight is 289 g/mol. The summed E-state index contributed by atoms with van der Waals surface area (Å²) in [5.74, 6) is -0.274. The number of carbonyl (C=O) groups is 1. The number of nitrogens with one attached hydrogen (secondary N) is 1. The molecule has 0 atom stereocenters. The molecule has 3 N–H and O–H groups in total. The molecule has 0 saturated carbocycles. The molecule has 1 aromatic carbocycles. The Hall–Kier alpha value is -1.13. The smallest absolute Gasteiger partial charge is 0.220 e. The fourth-order valence-electron chi connectivity index (χ4n) is 1.78. The summed E-state index contributed by atoms with van der Waals surface area (Å²) in [4.78, 5) is 11.5. The van der Waals surface area contributed by atoms with Gasteiger partial charge in [0.2, 0.25) is 5.91 Å². The average Bonchev–Trinajstić information content (AvgIpc) is 2.34. The van der Waals surface area contributed by atoms with E-state index in [1.54, 1.807) is 18.2 Å². The second-order valence-corrected chi connectivity index (χ2v) is 5.03. The van der Waals surface area contributed by atoms with Gasteiger partial charge in [-0.05, 0) is 24.6 Å². The van der Waals surface area contributed by atoms with Crippen molar-refractivity contribution in [2.45, 2.75) is 32.1 Å². The zero-order chi connectivity index (χ0) is 13.6. The van der Waals surface area contributed by atoms with Gasteiger partial charge in [0, 0.05) is 18.4 Å². The summed E-state index contributed by atoms with van der Waals surface area (Å²) >= 11 is 0. The molecule has 5 heteroatoms. The van der Waals surface area contributed by atoms with Crippen LogP contribution in [0.15, 0.2) is 24.3 Å². The van der Waals surface area contributed by atoms with E-state index in [0.29, 0.717) is 31.5 Å². The van der Waals surface area contributed by atoms with Gasteiger partial charge in [-0.2, -0.15) is 0 Å². The Morgan fingerprint density at radius 2 is 2.00 bits per heavy atom. The SMILES string of the molecule is CC(C)(CNC(=O)CCCN)c1ccccc1F.Cl. The van der Waals surface area contributed by atoms with Gasteiger partial charge in [0.15, 0.2) is 0 Å². The van der Waals surface area contributed by atoms with E-state index >= 15 is 0 Å². The molecule has 0 unspecified atom stereocenters. The topological polar surface area (TPSA) is 55.1 Å². The van der Waals surface area contributed by atoms with Crippen LogP contribution in [-0.2, 0) is 10.2 Å². The van der Waals surface area contributed by atoms with Crippen LogP contribution in [0.1, 0.15) is 32.3 Å². The Labute approximate surface area is 120 Å². The second kappa shape index (κ2) is 8.12. The van der Waals surface area contributed by atoms with Crippen LogP contribution in [0.2, 0.25) is 0 Å². The molecule has 0 spiro atoms. The fourth-order valence-corrected chi connectivity index (χ4v) is 1.78. The first-order valence-corrected chi connectivity index (χ1v) is 6.19. The minimum Gasteiger partial charge on any atom is -0.355 e. The van der Waals surface area contributed by atoms with Crippen molar-refractivity contribution in [2.75, 3.05) is 13.1 Å².